The second-order valence-electron chi connectivity index (χ2n) is 6.69. The van der Waals surface area contributed by atoms with Crippen LogP contribution in [0.1, 0.15) is 11.4 Å². The van der Waals surface area contributed by atoms with E-state index >= 15 is 0 Å². The molecule has 26 heavy (non-hydrogen) atoms. The smallest absolute Gasteiger partial charge is 0.241 e. The van der Waals surface area contributed by atoms with E-state index in [1.165, 1.54) is 5.56 Å². The lowest BCUT2D eigenvalue weighted by Gasteiger charge is -2.33. The number of hydrogen-bond donors (Lipinski definition) is 0. The van der Waals surface area contributed by atoms with Crippen LogP contribution in [0.15, 0.2) is 36.5 Å². The van der Waals surface area contributed by atoms with Gasteiger partial charge in [-0.15, -0.1) is 0 Å². The second kappa shape index (κ2) is 6.74. The molecule has 0 atom stereocenters. The summed E-state index contributed by atoms with van der Waals surface area (Å²) in [7, 11) is 3.72. The van der Waals surface area contributed by atoms with Crippen molar-refractivity contribution in [2.24, 2.45) is 7.05 Å². The van der Waals surface area contributed by atoms with Gasteiger partial charge >= 0.3 is 0 Å². The molecule has 1 saturated heterocycles. The van der Waals surface area contributed by atoms with Gasteiger partial charge in [0.05, 0.1) is 18.1 Å². The maximum Gasteiger partial charge on any atom is 0.241 e. The summed E-state index contributed by atoms with van der Waals surface area (Å²) < 4.78 is 1.77. The highest BCUT2D eigenvalue weighted by Gasteiger charge is 2.25. The molecule has 3 heterocycles. The van der Waals surface area contributed by atoms with Crippen molar-refractivity contribution < 1.29 is 4.79 Å². The first kappa shape index (κ1) is 16.5. The number of benzene rings is 1. The highest BCUT2D eigenvalue weighted by atomic mass is 16.2. The average molecular weight is 350 g/mol. The van der Waals surface area contributed by atoms with Gasteiger partial charge in [0.1, 0.15) is 11.6 Å². The van der Waals surface area contributed by atoms with Crippen molar-refractivity contribution in [3.63, 3.8) is 0 Å². The molecule has 1 aliphatic heterocycles. The molecule has 0 N–H and O–H groups in total. The van der Waals surface area contributed by atoms with Gasteiger partial charge in [-0.25, -0.2) is 9.97 Å². The Labute approximate surface area is 152 Å². The van der Waals surface area contributed by atoms with Crippen LogP contribution in [0.25, 0.3) is 11.0 Å². The molecule has 0 radical (unpaired) electrons. The predicted octanol–water partition coefficient (Wildman–Crippen LogP) is 1.43. The summed E-state index contributed by atoms with van der Waals surface area (Å²) in [6, 6.07) is 10.3. The second-order valence-corrected chi connectivity index (χ2v) is 6.69. The number of likely N-dealkylation sites (N-methyl/N-ethyl adjacent to an activating group) is 1. The van der Waals surface area contributed by atoms with E-state index in [2.05, 4.69) is 17.2 Å². The van der Waals surface area contributed by atoms with E-state index in [1.54, 1.807) is 15.8 Å². The summed E-state index contributed by atoms with van der Waals surface area (Å²) in [5, 5.41) is 5.23. The minimum atomic E-state index is 0.109. The van der Waals surface area contributed by atoms with Crippen LogP contribution in [0.5, 0.6) is 0 Å². The summed E-state index contributed by atoms with van der Waals surface area (Å²) in [5.41, 5.74) is 2.07. The third kappa shape index (κ3) is 3.12. The minimum Gasteiger partial charge on any atom is -0.345 e. The maximum absolute atomic E-state index is 12.1. The third-order valence-electron chi connectivity index (χ3n) is 4.86. The van der Waals surface area contributed by atoms with Crippen molar-refractivity contribution in [3.05, 3.63) is 47.9 Å². The molecule has 0 unspecified atom stereocenters. The molecule has 0 bridgehead atoms. The van der Waals surface area contributed by atoms with Crippen LogP contribution in [0.4, 0.5) is 5.82 Å². The summed E-state index contributed by atoms with van der Waals surface area (Å²) in [6.45, 7) is 1.81. The van der Waals surface area contributed by atoms with E-state index in [0.29, 0.717) is 13.1 Å². The number of anilines is 1. The van der Waals surface area contributed by atoms with E-state index in [9.17, 15) is 4.79 Å². The van der Waals surface area contributed by atoms with Gasteiger partial charge in [0.15, 0.2) is 5.65 Å². The Morgan fingerprint density at radius 3 is 2.62 bits per heavy atom. The standard InChI is InChI=1S/C19H22N6O/c1-23-10-11-25(13-17(23)26)19-15-12-20-24(2)18(15)21-16(22-19)9-8-14-6-4-3-5-7-14/h3-7,12H,8-11,13H2,1-2H3. The van der Waals surface area contributed by atoms with E-state index in [0.717, 1.165) is 42.1 Å². The summed E-state index contributed by atoms with van der Waals surface area (Å²) in [5.74, 6) is 1.71. The van der Waals surface area contributed by atoms with E-state index in [1.807, 2.05) is 37.2 Å². The lowest BCUT2D eigenvalue weighted by Crippen LogP contribution is -2.49. The van der Waals surface area contributed by atoms with E-state index in [4.69, 9.17) is 9.97 Å². The highest BCUT2D eigenvalue weighted by Crippen LogP contribution is 2.25. The zero-order valence-electron chi connectivity index (χ0n) is 15.1. The first-order valence-corrected chi connectivity index (χ1v) is 8.83. The Balaban J connectivity index is 1.66. The monoisotopic (exact) mass is 350 g/mol. The van der Waals surface area contributed by atoms with Gasteiger partial charge < -0.3 is 9.80 Å². The van der Waals surface area contributed by atoms with Crippen molar-refractivity contribution in [3.8, 4) is 0 Å². The largest absolute Gasteiger partial charge is 0.345 e. The molecule has 4 rings (SSSR count). The van der Waals surface area contributed by atoms with Gasteiger partial charge in [-0.05, 0) is 12.0 Å². The molecule has 7 heteroatoms. The van der Waals surface area contributed by atoms with Gasteiger partial charge in [-0.1, -0.05) is 30.3 Å². The van der Waals surface area contributed by atoms with Gasteiger partial charge in [0.25, 0.3) is 0 Å². The summed E-state index contributed by atoms with van der Waals surface area (Å²) in [6.07, 6.45) is 3.42. The molecule has 2 aromatic heterocycles. The lowest BCUT2D eigenvalue weighted by molar-refractivity contribution is -0.129. The molecule has 1 aromatic carbocycles. The lowest BCUT2D eigenvalue weighted by atomic mass is 10.1. The number of rotatable bonds is 4. The van der Waals surface area contributed by atoms with Crippen molar-refractivity contribution >= 4 is 22.8 Å². The van der Waals surface area contributed by atoms with E-state index < -0.39 is 0 Å². The normalized spacial score (nSPS) is 15.1. The van der Waals surface area contributed by atoms with Crippen LogP contribution >= 0.6 is 0 Å². The minimum absolute atomic E-state index is 0.109. The van der Waals surface area contributed by atoms with Crippen LogP contribution in [-0.4, -0.2) is 57.2 Å². The SMILES string of the molecule is CN1CCN(c2nc(CCc3ccccc3)nc3c2cnn3C)CC1=O. The molecule has 1 fully saturated rings. The number of aryl methyl sites for hydroxylation is 3. The quantitative estimate of drug-likeness (QED) is 0.712. The predicted molar refractivity (Wildman–Crippen MR) is 100 cm³/mol. The Morgan fingerprint density at radius 1 is 1.04 bits per heavy atom. The molecule has 3 aromatic rings. The van der Waals surface area contributed by atoms with Crippen LogP contribution in [0, 0.1) is 0 Å². The van der Waals surface area contributed by atoms with Crippen molar-refractivity contribution in [2.45, 2.75) is 12.8 Å². The van der Waals surface area contributed by atoms with Crippen molar-refractivity contribution in [1.29, 1.82) is 0 Å². The number of piperazine rings is 1. The van der Waals surface area contributed by atoms with Crippen LogP contribution in [-0.2, 0) is 24.7 Å². The Morgan fingerprint density at radius 2 is 1.85 bits per heavy atom. The van der Waals surface area contributed by atoms with Gasteiger partial charge in [-0.3, -0.25) is 9.48 Å². The van der Waals surface area contributed by atoms with Gasteiger partial charge in [-0.2, -0.15) is 5.10 Å². The number of aromatic nitrogens is 4. The molecular formula is C19H22N6O. The zero-order valence-corrected chi connectivity index (χ0v) is 15.1. The van der Waals surface area contributed by atoms with Crippen LogP contribution < -0.4 is 4.90 Å². The Bertz CT molecular complexity index is 936. The average Bonchev–Trinajstić information content (AvgIpc) is 3.04. The molecule has 0 aliphatic carbocycles. The molecular weight excluding hydrogens is 328 g/mol. The van der Waals surface area contributed by atoms with Crippen molar-refractivity contribution in [1.82, 2.24) is 24.6 Å². The van der Waals surface area contributed by atoms with Gasteiger partial charge in [0, 0.05) is 33.6 Å². The van der Waals surface area contributed by atoms with Crippen LogP contribution in [0.3, 0.4) is 0 Å². The fourth-order valence-corrected chi connectivity index (χ4v) is 3.24. The number of amides is 1. The number of carbonyl (C=O) groups is 1. The maximum atomic E-state index is 12.1. The van der Waals surface area contributed by atoms with Crippen molar-refractivity contribution in [2.75, 3.05) is 31.6 Å². The highest BCUT2D eigenvalue weighted by molar-refractivity contribution is 5.90. The molecule has 1 amide bonds. The van der Waals surface area contributed by atoms with Gasteiger partial charge in [0.2, 0.25) is 5.91 Å². The Hall–Kier alpha value is -2.96. The molecule has 0 spiro atoms. The fourth-order valence-electron chi connectivity index (χ4n) is 3.24. The first-order valence-electron chi connectivity index (χ1n) is 8.83. The molecule has 0 saturated carbocycles. The number of carbonyl (C=O) groups excluding carboxylic acids is 1. The molecule has 7 nitrogen and oxygen atoms in total. The summed E-state index contributed by atoms with van der Waals surface area (Å²) in [4.78, 5) is 25.4. The molecule has 134 valence electrons. The molecule has 1 aliphatic rings. The first-order chi connectivity index (χ1) is 12.6. The zero-order chi connectivity index (χ0) is 18.1. The number of fused-ring (bicyclic) bond motifs is 1. The van der Waals surface area contributed by atoms with E-state index in [-0.39, 0.29) is 5.91 Å². The third-order valence-corrected chi connectivity index (χ3v) is 4.86. The number of hydrogen-bond acceptors (Lipinski definition) is 5. The number of nitrogens with zero attached hydrogens (tertiary/aromatic N) is 6. The summed E-state index contributed by atoms with van der Waals surface area (Å²) >= 11 is 0. The van der Waals surface area contributed by atoms with Crippen LogP contribution in [0.2, 0.25) is 0 Å². The fraction of sp³-hybridized carbons (Fsp3) is 0.368. The Kier molecular flexibility index (Phi) is 4.28. The topological polar surface area (TPSA) is 67.2 Å².